The molecule has 6 heteroatoms. The maximum atomic E-state index is 7.71. The summed E-state index contributed by atoms with van der Waals surface area (Å²) >= 11 is 0. The molecule has 1 aliphatic carbocycles. The Bertz CT molecular complexity index is 2820. The van der Waals surface area contributed by atoms with Crippen molar-refractivity contribution < 1.29 is 0 Å². The summed E-state index contributed by atoms with van der Waals surface area (Å²) in [5.74, 6) is 0.560. The number of fused-ring (bicyclic) bond motifs is 9. The van der Waals surface area contributed by atoms with E-state index in [1.54, 1.807) is 18.5 Å². The van der Waals surface area contributed by atoms with Crippen LogP contribution in [0.15, 0.2) is 141 Å². The van der Waals surface area contributed by atoms with Crippen LogP contribution in [0.3, 0.4) is 0 Å². The quantitative estimate of drug-likeness (QED) is 0.108. The summed E-state index contributed by atoms with van der Waals surface area (Å²) in [4.78, 5) is 4.52. The van der Waals surface area contributed by atoms with E-state index in [-0.39, 0.29) is 11.8 Å². The Labute approximate surface area is 315 Å². The SMILES string of the molecule is C=C/C(=C\C=N)c1ccc2c(c1)c1cc3c(cc1n2/C(C)=C/C=C\N)-c1cc2c(cc1C(C)C3C)c1cc(C(/C=C\N)=C/C)ccc1n2-c1cccnc1. The normalized spacial score (nSPS) is 16.6. The van der Waals surface area contributed by atoms with Gasteiger partial charge in [-0.2, -0.15) is 0 Å². The lowest BCUT2D eigenvalue weighted by Gasteiger charge is -2.32. The third-order valence-electron chi connectivity index (χ3n) is 11.3. The van der Waals surface area contributed by atoms with Gasteiger partial charge in [0.15, 0.2) is 0 Å². The summed E-state index contributed by atoms with van der Waals surface area (Å²) in [6, 6.07) is 27.0. The average Bonchev–Trinajstić information content (AvgIpc) is 3.70. The van der Waals surface area contributed by atoms with Gasteiger partial charge in [-0.1, -0.05) is 44.7 Å². The van der Waals surface area contributed by atoms with Gasteiger partial charge in [0, 0.05) is 39.7 Å². The number of hydrogen-bond acceptors (Lipinski definition) is 4. The molecule has 4 aromatic carbocycles. The number of nitrogens with one attached hydrogen (secondary N) is 1. The summed E-state index contributed by atoms with van der Waals surface area (Å²) in [6.07, 6.45) is 19.8. The summed E-state index contributed by atoms with van der Waals surface area (Å²) < 4.78 is 4.69. The Kier molecular flexibility index (Phi) is 8.74. The number of rotatable bonds is 8. The molecule has 266 valence electrons. The van der Waals surface area contributed by atoms with Crippen LogP contribution in [0.2, 0.25) is 0 Å². The second-order valence-corrected chi connectivity index (χ2v) is 14.1. The third-order valence-corrected chi connectivity index (χ3v) is 11.3. The third kappa shape index (κ3) is 5.33. The molecule has 6 nitrogen and oxygen atoms in total. The lowest BCUT2D eigenvalue weighted by Crippen LogP contribution is -2.13. The first-order chi connectivity index (χ1) is 26.3. The Morgan fingerprint density at radius 1 is 0.759 bits per heavy atom. The maximum absolute atomic E-state index is 7.71. The standard InChI is InChI=1S/C48H44N6/c1-6-32(16-19-50)34-12-14-45-41(22-34)43-24-37-30(4)31(5)38-25-44-42-23-35(33(7-2)17-20-51)13-15-46(42)54(36-11-9-21-52-28-36)48(44)27-40(38)39(37)26-47(43)53(45)29(3)10-8-18-49/h6-28,30-31,50H,1,49,51H2,2-5H3/b18-8-,20-17-,29-10+,32-16+,33-7+,50-19?. The largest absolute Gasteiger partial charge is 0.405 e. The molecule has 0 amide bonds. The Morgan fingerprint density at radius 3 is 2.00 bits per heavy atom. The Morgan fingerprint density at radius 2 is 1.39 bits per heavy atom. The van der Waals surface area contributed by atoms with Crippen molar-refractivity contribution in [2.24, 2.45) is 11.5 Å². The summed E-state index contributed by atoms with van der Waals surface area (Å²) in [5.41, 5.74) is 27.6. The van der Waals surface area contributed by atoms with Crippen LogP contribution in [-0.4, -0.2) is 20.3 Å². The highest BCUT2D eigenvalue weighted by Crippen LogP contribution is 2.51. The number of pyridine rings is 1. The molecule has 1 aliphatic rings. The molecule has 2 atom stereocenters. The fourth-order valence-electron chi connectivity index (χ4n) is 8.53. The summed E-state index contributed by atoms with van der Waals surface area (Å²) in [5, 5.41) is 12.5. The van der Waals surface area contributed by atoms with Crippen LogP contribution in [0.25, 0.3) is 77.3 Å². The molecule has 0 bridgehead atoms. The topological polar surface area (TPSA) is 98.6 Å². The zero-order valence-electron chi connectivity index (χ0n) is 31.1. The number of hydrogen-bond donors (Lipinski definition) is 3. The molecule has 7 aromatic rings. The van der Waals surface area contributed by atoms with Crippen LogP contribution in [0.1, 0.15) is 61.8 Å². The Balaban J connectivity index is 1.46. The van der Waals surface area contributed by atoms with E-state index in [9.17, 15) is 0 Å². The monoisotopic (exact) mass is 704 g/mol. The number of benzene rings is 4. The lowest BCUT2D eigenvalue weighted by molar-refractivity contribution is 0.617. The van der Waals surface area contributed by atoms with Gasteiger partial charge in [0.1, 0.15) is 0 Å². The van der Waals surface area contributed by atoms with Crippen LogP contribution >= 0.6 is 0 Å². The molecule has 0 radical (unpaired) electrons. The van der Waals surface area contributed by atoms with E-state index in [1.165, 1.54) is 44.6 Å². The summed E-state index contributed by atoms with van der Waals surface area (Å²) in [7, 11) is 0. The molecular formula is C48H44N6. The molecule has 3 aromatic heterocycles. The minimum atomic E-state index is 0.279. The van der Waals surface area contributed by atoms with E-state index in [1.807, 2.05) is 43.6 Å². The van der Waals surface area contributed by atoms with Crippen LogP contribution < -0.4 is 11.5 Å². The number of nitrogens with two attached hydrogens (primary N) is 2. The second-order valence-electron chi connectivity index (χ2n) is 14.1. The zero-order chi connectivity index (χ0) is 37.7. The van der Waals surface area contributed by atoms with Gasteiger partial charge in [-0.15, -0.1) is 0 Å². The summed E-state index contributed by atoms with van der Waals surface area (Å²) in [6.45, 7) is 12.9. The zero-order valence-corrected chi connectivity index (χ0v) is 31.1. The fraction of sp³-hybridized carbons (Fsp3) is 0.125. The van der Waals surface area contributed by atoms with Crippen molar-refractivity contribution in [2.45, 2.75) is 39.5 Å². The predicted octanol–water partition coefficient (Wildman–Crippen LogP) is 11.6. The Hall–Kier alpha value is -6.66. The van der Waals surface area contributed by atoms with Crippen molar-refractivity contribution in [2.75, 3.05) is 0 Å². The van der Waals surface area contributed by atoms with Gasteiger partial charge in [0.05, 0.1) is 34.0 Å². The van der Waals surface area contributed by atoms with Crippen LogP contribution in [0, 0.1) is 5.41 Å². The van der Waals surface area contributed by atoms with Crippen LogP contribution in [0.5, 0.6) is 0 Å². The minimum absolute atomic E-state index is 0.279. The highest BCUT2D eigenvalue weighted by atomic mass is 15.0. The molecule has 3 heterocycles. The lowest BCUT2D eigenvalue weighted by atomic mass is 9.72. The van der Waals surface area contributed by atoms with Crippen molar-refractivity contribution in [1.29, 1.82) is 5.41 Å². The van der Waals surface area contributed by atoms with Gasteiger partial charge in [-0.05, 0) is 168 Å². The maximum Gasteiger partial charge on any atom is 0.0645 e. The molecule has 0 aliphatic heterocycles. The first kappa shape index (κ1) is 34.4. The van der Waals surface area contributed by atoms with E-state index < -0.39 is 0 Å². The van der Waals surface area contributed by atoms with Crippen molar-refractivity contribution in [3.05, 3.63) is 163 Å². The molecule has 2 unspecified atom stereocenters. The molecule has 5 N–H and O–H groups in total. The first-order valence-electron chi connectivity index (χ1n) is 18.4. The smallest absolute Gasteiger partial charge is 0.0645 e. The van der Waals surface area contributed by atoms with Gasteiger partial charge in [0.25, 0.3) is 0 Å². The fourth-order valence-corrected chi connectivity index (χ4v) is 8.53. The van der Waals surface area contributed by atoms with E-state index in [0.29, 0.717) is 0 Å². The number of nitrogens with zero attached hydrogens (tertiary/aromatic N) is 3. The molecule has 0 fully saturated rings. The van der Waals surface area contributed by atoms with E-state index in [2.05, 4.69) is 120 Å². The molecule has 0 saturated heterocycles. The average molecular weight is 705 g/mol. The first-order valence-corrected chi connectivity index (χ1v) is 18.4. The highest BCUT2D eigenvalue weighted by Gasteiger charge is 2.31. The van der Waals surface area contributed by atoms with Crippen molar-refractivity contribution in [3.8, 4) is 16.8 Å². The van der Waals surface area contributed by atoms with Crippen LogP contribution in [-0.2, 0) is 0 Å². The van der Waals surface area contributed by atoms with Crippen LogP contribution in [0.4, 0.5) is 0 Å². The predicted molar refractivity (Wildman–Crippen MR) is 231 cm³/mol. The van der Waals surface area contributed by atoms with Crippen molar-refractivity contribution in [3.63, 3.8) is 0 Å². The second kappa shape index (κ2) is 13.7. The van der Waals surface area contributed by atoms with Gasteiger partial charge in [-0.25, -0.2) is 0 Å². The van der Waals surface area contributed by atoms with Crippen molar-refractivity contribution in [1.82, 2.24) is 14.1 Å². The highest BCUT2D eigenvalue weighted by molar-refractivity contribution is 6.15. The van der Waals surface area contributed by atoms with E-state index in [0.717, 1.165) is 61.1 Å². The van der Waals surface area contributed by atoms with Gasteiger partial charge in [-0.3, -0.25) is 4.98 Å². The molecule has 8 rings (SSSR count). The van der Waals surface area contributed by atoms with Gasteiger partial charge >= 0.3 is 0 Å². The van der Waals surface area contributed by atoms with Crippen molar-refractivity contribution >= 4 is 66.7 Å². The number of allylic oxidation sites excluding steroid dienone is 9. The van der Waals surface area contributed by atoms with Gasteiger partial charge in [0.2, 0.25) is 0 Å². The number of aromatic nitrogens is 3. The van der Waals surface area contributed by atoms with Gasteiger partial charge < -0.3 is 26.0 Å². The molecule has 54 heavy (non-hydrogen) atoms. The van der Waals surface area contributed by atoms with E-state index in [4.69, 9.17) is 16.9 Å². The molecule has 0 saturated carbocycles. The minimum Gasteiger partial charge on any atom is -0.405 e. The molecule has 0 spiro atoms. The molecular weight excluding hydrogens is 661 g/mol. The van der Waals surface area contributed by atoms with E-state index >= 15 is 0 Å².